The summed E-state index contributed by atoms with van der Waals surface area (Å²) in [6.45, 7) is 3.74. The Hall–Kier alpha value is -2.98. The van der Waals surface area contributed by atoms with Gasteiger partial charge in [0.25, 0.3) is 11.6 Å². The quantitative estimate of drug-likeness (QED) is 0.285. The van der Waals surface area contributed by atoms with E-state index in [1.807, 2.05) is 13.8 Å². The van der Waals surface area contributed by atoms with E-state index in [1.165, 1.54) is 12.1 Å². The minimum absolute atomic E-state index is 0.0639. The highest BCUT2D eigenvalue weighted by atomic mass is 32.2. The Morgan fingerprint density at radius 3 is 2.67 bits per heavy atom. The predicted molar refractivity (Wildman–Crippen MR) is 117 cm³/mol. The van der Waals surface area contributed by atoms with Crippen LogP contribution in [-0.2, 0) is 9.59 Å². The second-order valence-electron chi connectivity index (χ2n) is 7.01. The summed E-state index contributed by atoms with van der Waals surface area (Å²) < 4.78 is 5.86. The first-order valence-electron chi connectivity index (χ1n) is 9.02. The van der Waals surface area contributed by atoms with Crippen LogP contribution in [-0.4, -0.2) is 37.2 Å². The van der Waals surface area contributed by atoms with Crippen molar-refractivity contribution in [3.8, 4) is 11.3 Å². The molecule has 2 aromatic rings. The first-order chi connectivity index (χ1) is 14.2. The summed E-state index contributed by atoms with van der Waals surface area (Å²) in [5.74, 6) is -0.958. The number of thioether (sulfide) groups is 1. The van der Waals surface area contributed by atoms with Gasteiger partial charge in [-0.2, -0.15) is 0 Å². The number of carbonyl (C=O) groups is 2. The predicted octanol–water partition coefficient (Wildman–Crippen LogP) is 4.56. The number of nitro groups is 1. The van der Waals surface area contributed by atoms with Crippen LogP contribution >= 0.6 is 24.0 Å². The third-order valence-electron chi connectivity index (χ3n) is 4.38. The Bertz CT molecular complexity index is 1060. The van der Waals surface area contributed by atoms with E-state index in [0.29, 0.717) is 11.3 Å². The summed E-state index contributed by atoms with van der Waals surface area (Å²) >= 11 is 6.24. The zero-order valence-corrected chi connectivity index (χ0v) is 17.7. The van der Waals surface area contributed by atoms with Crippen LogP contribution in [0, 0.1) is 16.0 Å². The lowest BCUT2D eigenvalue weighted by molar-refractivity contribution is -0.384. The maximum atomic E-state index is 12.8. The highest BCUT2D eigenvalue weighted by Gasteiger charge is 2.40. The van der Waals surface area contributed by atoms with Crippen molar-refractivity contribution >= 4 is 51.9 Å². The highest BCUT2D eigenvalue weighted by molar-refractivity contribution is 8.26. The number of furan rings is 1. The van der Waals surface area contributed by atoms with Gasteiger partial charge in [0.05, 0.1) is 15.4 Å². The third kappa shape index (κ3) is 4.44. The van der Waals surface area contributed by atoms with Crippen molar-refractivity contribution in [3.63, 3.8) is 0 Å². The number of rotatable bonds is 7. The monoisotopic (exact) mass is 446 g/mol. The first-order valence-corrected chi connectivity index (χ1v) is 10.2. The SMILES string of the molecule is CC(C)C[C@@H](C(=O)O)N1C(=O)/C(=C\c2ccc(-c3ccccc3[N+](=O)[O-])o2)SC1=S. The summed E-state index contributed by atoms with van der Waals surface area (Å²) in [4.78, 5) is 36.6. The van der Waals surface area contributed by atoms with Gasteiger partial charge in [-0.3, -0.25) is 19.8 Å². The van der Waals surface area contributed by atoms with Crippen molar-refractivity contribution in [2.45, 2.75) is 26.3 Å². The van der Waals surface area contributed by atoms with Gasteiger partial charge in [-0.25, -0.2) is 4.79 Å². The van der Waals surface area contributed by atoms with Crippen molar-refractivity contribution in [2.24, 2.45) is 5.92 Å². The van der Waals surface area contributed by atoms with Gasteiger partial charge in [0, 0.05) is 12.1 Å². The molecule has 3 rings (SSSR count). The van der Waals surface area contributed by atoms with Gasteiger partial charge in [0.2, 0.25) is 0 Å². The standard InChI is InChI=1S/C20H18N2O6S2/c1-11(2)9-15(19(24)25)21-18(23)17(30-20(21)29)10-12-7-8-16(28-12)13-5-3-4-6-14(13)22(26)27/h3-8,10-11,15H,9H2,1-2H3,(H,24,25)/b17-10+/t15-/m0/s1. The molecule has 0 aliphatic carbocycles. The fourth-order valence-electron chi connectivity index (χ4n) is 3.06. The number of benzene rings is 1. The molecule has 0 spiro atoms. The summed E-state index contributed by atoms with van der Waals surface area (Å²) in [5.41, 5.74) is 0.222. The Morgan fingerprint density at radius 1 is 1.33 bits per heavy atom. The average Bonchev–Trinajstić information content (AvgIpc) is 3.24. The maximum absolute atomic E-state index is 12.8. The van der Waals surface area contributed by atoms with Crippen LogP contribution in [0.5, 0.6) is 0 Å². The number of aliphatic carboxylic acids is 1. The lowest BCUT2D eigenvalue weighted by atomic mass is 10.0. The number of hydrogen-bond acceptors (Lipinski definition) is 7. The normalized spacial score (nSPS) is 16.5. The molecular formula is C20H18N2O6S2. The van der Waals surface area contributed by atoms with Crippen LogP contribution in [0.2, 0.25) is 0 Å². The van der Waals surface area contributed by atoms with Gasteiger partial charge in [-0.1, -0.05) is 50.0 Å². The molecule has 2 heterocycles. The molecule has 1 aliphatic rings. The molecule has 1 amide bonds. The van der Waals surface area contributed by atoms with Gasteiger partial charge in [-0.15, -0.1) is 0 Å². The largest absolute Gasteiger partial charge is 0.480 e. The van der Waals surface area contributed by atoms with Gasteiger partial charge < -0.3 is 9.52 Å². The molecule has 1 aromatic heterocycles. The molecule has 8 nitrogen and oxygen atoms in total. The Balaban J connectivity index is 1.89. The minimum atomic E-state index is -1.11. The van der Waals surface area contributed by atoms with Crippen molar-refractivity contribution in [1.82, 2.24) is 4.90 Å². The number of nitro benzene ring substituents is 1. The molecule has 1 fully saturated rings. The fraction of sp³-hybridized carbons (Fsp3) is 0.250. The molecule has 0 radical (unpaired) electrons. The zero-order valence-electron chi connectivity index (χ0n) is 16.1. The number of carbonyl (C=O) groups excluding carboxylic acids is 1. The third-order valence-corrected chi connectivity index (χ3v) is 5.71. The summed E-state index contributed by atoms with van der Waals surface area (Å²) in [7, 11) is 0. The number of para-hydroxylation sites is 1. The van der Waals surface area contributed by atoms with Crippen LogP contribution in [0.1, 0.15) is 26.0 Å². The molecule has 1 N–H and O–H groups in total. The van der Waals surface area contributed by atoms with Crippen LogP contribution in [0.25, 0.3) is 17.4 Å². The zero-order chi connectivity index (χ0) is 22.0. The molecule has 0 bridgehead atoms. The maximum Gasteiger partial charge on any atom is 0.326 e. The minimum Gasteiger partial charge on any atom is -0.480 e. The van der Waals surface area contributed by atoms with Crippen LogP contribution in [0.4, 0.5) is 5.69 Å². The van der Waals surface area contributed by atoms with E-state index in [4.69, 9.17) is 16.6 Å². The van der Waals surface area contributed by atoms with Gasteiger partial charge in [-0.05, 0) is 30.5 Å². The van der Waals surface area contributed by atoms with E-state index in [0.717, 1.165) is 16.7 Å². The molecule has 1 atom stereocenters. The molecule has 0 saturated carbocycles. The lowest BCUT2D eigenvalue weighted by Gasteiger charge is -2.24. The fourth-order valence-corrected chi connectivity index (χ4v) is 4.39. The summed E-state index contributed by atoms with van der Waals surface area (Å²) in [5, 5.41) is 20.8. The Labute approximate surface area is 181 Å². The van der Waals surface area contributed by atoms with E-state index in [1.54, 1.807) is 30.3 Å². The number of hydrogen-bond donors (Lipinski definition) is 1. The topological polar surface area (TPSA) is 114 Å². The van der Waals surface area contributed by atoms with Gasteiger partial charge >= 0.3 is 5.97 Å². The van der Waals surface area contributed by atoms with E-state index >= 15 is 0 Å². The lowest BCUT2D eigenvalue weighted by Crippen LogP contribution is -2.44. The van der Waals surface area contributed by atoms with Crippen LogP contribution in [0.3, 0.4) is 0 Å². The van der Waals surface area contributed by atoms with Crippen molar-refractivity contribution in [3.05, 3.63) is 57.2 Å². The molecule has 10 heteroatoms. The van der Waals surface area contributed by atoms with Crippen LogP contribution in [0.15, 0.2) is 45.7 Å². The highest BCUT2D eigenvalue weighted by Crippen LogP contribution is 2.37. The van der Waals surface area contributed by atoms with Gasteiger partial charge in [0.1, 0.15) is 21.9 Å². The smallest absolute Gasteiger partial charge is 0.326 e. The number of nitrogens with zero attached hydrogens (tertiary/aromatic N) is 2. The number of thiocarbonyl (C=S) groups is 1. The van der Waals surface area contributed by atoms with E-state index < -0.39 is 22.8 Å². The Kier molecular flexibility index (Phi) is 6.37. The van der Waals surface area contributed by atoms with Crippen molar-refractivity contribution in [2.75, 3.05) is 0 Å². The van der Waals surface area contributed by atoms with Crippen LogP contribution < -0.4 is 0 Å². The second kappa shape index (κ2) is 8.80. The van der Waals surface area contributed by atoms with E-state index in [-0.39, 0.29) is 33.0 Å². The average molecular weight is 447 g/mol. The Morgan fingerprint density at radius 2 is 2.03 bits per heavy atom. The first kappa shape index (κ1) is 21.7. The summed E-state index contributed by atoms with van der Waals surface area (Å²) in [6, 6.07) is 8.30. The van der Waals surface area contributed by atoms with E-state index in [9.17, 15) is 24.8 Å². The number of carboxylic acid groups (broad SMARTS) is 1. The number of carboxylic acids is 1. The molecule has 1 aromatic carbocycles. The number of amides is 1. The summed E-state index contributed by atoms with van der Waals surface area (Å²) in [6.07, 6.45) is 1.74. The molecule has 1 aliphatic heterocycles. The van der Waals surface area contributed by atoms with Crippen molar-refractivity contribution < 1.29 is 24.0 Å². The van der Waals surface area contributed by atoms with Gasteiger partial charge in [0.15, 0.2) is 0 Å². The van der Waals surface area contributed by atoms with E-state index in [2.05, 4.69) is 0 Å². The molecule has 30 heavy (non-hydrogen) atoms. The molecule has 156 valence electrons. The second-order valence-corrected chi connectivity index (χ2v) is 8.69. The molecular weight excluding hydrogens is 428 g/mol. The molecule has 0 unspecified atom stereocenters. The molecule has 1 saturated heterocycles. The van der Waals surface area contributed by atoms with Crippen molar-refractivity contribution in [1.29, 1.82) is 0 Å².